The Morgan fingerprint density at radius 1 is 1.57 bits per heavy atom. The standard InChI is InChI=1S/C11H20N6O3S/c1-21(19,20)14-9-3-2-5-16(7-9)11(18)10-8-17(6-4-12)15-13-10/h8-9,14H,2-7,12H2,1H3. The van der Waals surface area contributed by atoms with Crippen LogP contribution in [-0.2, 0) is 16.6 Å². The molecule has 0 spiro atoms. The minimum atomic E-state index is -3.27. The van der Waals surface area contributed by atoms with Crippen LogP contribution in [0, 0.1) is 0 Å². The molecule has 1 aliphatic rings. The highest BCUT2D eigenvalue weighted by Gasteiger charge is 2.27. The van der Waals surface area contributed by atoms with Gasteiger partial charge in [0.2, 0.25) is 10.0 Å². The highest BCUT2D eigenvalue weighted by Crippen LogP contribution is 2.13. The summed E-state index contributed by atoms with van der Waals surface area (Å²) in [6, 6.07) is -0.253. The maximum atomic E-state index is 12.3. The molecule has 3 N–H and O–H groups in total. The van der Waals surface area contributed by atoms with Crippen LogP contribution < -0.4 is 10.5 Å². The van der Waals surface area contributed by atoms with Gasteiger partial charge in [-0.2, -0.15) is 0 Å². The molecule has 1 aliphatic heterocycles. The molecule has 1 aromatic rings. The third kappa shape index (κ3) is 4.48. The lowest BCUT2D eigenvalue weighted by molar-refractivity contribution is 0.0697. The van der Waals surface area contributed by atoms with E-state index in [1.807, 2.05) is 0 Å². The van der Waals surface area contributed by atoms with Crippen molar-refractivity contribution in [3.8, 4) is 0 Å². The Hall–Kier alpha value is -1.52. The fraction of sp³-hybridized carbons (Fsp3) is 0.727. The molecule has 1 amide bonds. The van der Waals surface area contributed by atoms with Gasteiger partial charge >= 0.3 is 0 Å². The van der Waals surface area contributed by atoms with Crippen molar-refractivity contribution in [2.24, 2.45) is 5.73 Å². The van der Waals surface area contributed by atoms with E-state index < -0.39 is 10.0 Å². The van der Waals surface area contributed by atoms with E-state index in [-0.39, 0.29) is 17.6 Å². The SMILES string of the molecule is CS(=O)(=O)NC1CCCN(C(=O)c2cn(CCN)nn2)C1. The highest BCUT2D eigenvalue weighted by atomic mass is 32.2. The Morgan fingerprint density at radius 2 is 2.33 bits per heavy atom. The van der Waals surface area contributed by atoms with Crippen LogP contribution in [0.5, 0.6) is 0 Å². The number of piperidine rings is 1. The first-order chi connectivity index (χ1) is 9.89. The zero-order valence-corrected chi connectivity index (χ0v) is 12.7. The monoisotopic (exact) mass is 316 g/mol. The zero-order valence-electron chi connectivity index (χ0n) is 11.9. The summed E-state index contributed by atoms with van der Waals surface area (Å²) in [5.41, 5.74) is 5.67. The summed E-state index contributed by atoms with van der Waals surface area (Å²) in [5, 5.41) is 7.67. The lowest BCUT2D eigenvalue weighted by Crippen LogP contribution is -2.49. The topological polar surface area (TPSA) is 123 Å². The smallest absolute Gasteiger partial charge is 0.276 e. The van der Waals surface area contributed by atoms with E-state index in [4.69, 9.17) is 5.73 Å². The maximum Gasteiger partial charge on any atom is 0.276 e. The number of amides is 1. The maximum absolute atomic E-state index is 12.3. The molecular weight excluding hydrogens is 296 g/mol. The van der Waals surface area contributed by atoms with Crippen LogP contribution in [-0.4, -0.2) is 66.2 Å². The molecule has 1 atom stereocenters. The van der Waals surface area contributed by atoms with E-state index in [9.17, 15) is 13.2 Å². The van der Waals surface area contributed by atoms with Gasteiger partial charge in [0.25, 0.3) is 5.91 Å². The normalized spacial score (nSPS) is 19.7. The van der Waals surface area contributed by atoms with E-state index in [1.165, 1.54) is 4.68 Å². The molecule has 1 aromatic heterocycles. The fourth-order valence-electron chi connectivity index (χ4n) is 2.36. The van der Waals surface area contributed by atoms with Crippen LogP contribution in [0.4, 0.5) is 0 Å². The predicted molar refractivity (Wildman–Crippen MR) is 76.0 cm³/mol. The number of hydrogen-bond donors (Lipinski definition) is 2. The van der Waals surface area contributed by atoms with Crippen LogP contribution in [0.3, 0.4) is 0 Å². The van der Waals surface area contributed by atoms with Gasteiger partial charge in [0.15, 0.2) is 5.69 Å². The van der Waals surface area contributed by atoms with Crippen molar-refractivity contribution in [3.63, 3.8) is 0 Å². The van der Waals surface area contributed by atoms with Crippen molar-refractivity contribution >= 4 is 15.9 Å². The van der Waals surface area contributed by atoms with E-state index in [2.05, 4.69) is 15.0 Å². The summed E-state index contributed by atoms with van der Waals surface area (Å²) in [7, 11) is -3.27. The lowest BCUT2D eigenvalue weighted by atomic mass is 10.1. The minimum Gasteiger partial charge on any atom is -0.336 e. The second-order valence-corrected chi connectivity index (χ2v) is 6.92. The fourth-order valence-corrected chi connectivity index (χ4v) is 3.16. The predicted octanol–water partition coefficient (Wildman–Crippen LogP) is -1.61. The van der Waals surface area contributed by atoms with E-state index in [1.54, 1.807) is 11.1 Å². The average molecular weight is 316 g/mol. The second-order valence-electron chi connectivity index (χ2n) is 5.14. The summed E-state index contributed by atoms with van der Waals surface area (Å²) in [6.45, 7) is 1.85. The Labute approximate surface area is 123 Å². The van der Waals surface area contributed by atoms with Gasteiger partial charge in [-0.15, -0.1) is 5.10 Å². The third-order valence-corrected chi connectivity index (χ3v) is 3.97. The van der Waals surface area contributed by atoms with Gasteiger partial charge in [-0.25, -0.2) is 13.1 Å². The second kappa shape index (κ2) is 6.50. The van der Waals surface area contributed by atoms with Crippen LogP contribution >= 0.6 is 0 Å². The molecule has 9 nitrogen and oxygen atoms in total. The summed E-state index contributed by atoms with van der Waals surface area (Å²) < 4.78 is 26.6. The van der Waals surface area contributed by atoms with Crippen molar-refractivity contribution in [3.05, 3.63) is 11.9 Å². The number of sulfonamides is 1. The molecule has 2 rings (SSSR count). The summed E-state index contributed by atoms with van der Waals surface area (Å²) in [4.78, 5) is 13.9. The van der Waals surface area contributed by atoms with Gasteiger partial charge in [0.05, 0.1) is 19.0 Å². The van der Waals surface area contributed by atoms with Crippen LogP contribution in [0.1, 0.15) is 23.3 Å². The Bertz CT molecular complexity index is 599. The molecule has 0 aromatic carbocycles. The van der Waals surface area contributed by atoms with Gasteiger partial charge in [-0.1, -0.05) is 5.21 Å². The molecule has 118 valence electrons. The molecule has 21 heavy (non-hydrogen) atoms. The quantitative estimate of drug-likeness (QED) is 0.674. The van der Waals surface area contributed by atoms with Gasteiger partial charge in [0.1, 0.15) is 0 Å². The largest absolute Gasteiger partial charge is 0.336 e. The van der Waals surface area contributed by atoms with E-state index in [0.717, 1.165) is 19.1 Å². The zero-order chi connectivity index (χ0) is 15.5. The van der Waals surface area contributed by atoms with Gasteiger partial charge in [-0.3, -0.25) is 9.48 Å². The first-order valence-corrected chi connectivity index (χ1v) is 8.65. The number of hydrogen-bond acceptors (Lipinski definition) is 6. The Morgan fingerprint density at radius 3 is 3.00 bits per heavy atom. The first-order valence-electron chi connectivity index (χ1n) is 6.76. The van der Waals surface area contributed by atoms with Crippen molar-refractivity contribution in [1.82, 2.24) is 24.6 Å². The summed E-state index contributed by atoms with van der Waals surface area (Å²) in [5.74, 6) is -0.238. The molecule has 10 heteroatoms. The number of rotatable bonds is 5. The Balaban J connectivity index is 2.01. The number of nitrogens with zero attached hydrogens (tertiary/aromatic N) is 4. The van der Waals surface area contributed by atoms with E-state index >= 15 is 0 Å². The number of aromatic nitrogens is 3. The van der Waals surface area contributed by atoms with Gasteiger partial charge < -0.3 is 10.6 Å². The van der Waals surface area contributed by atoms with Gasteiger partial charge in [-0.05, 0) is 12.8 Å². The number of nitrogens with one attached hydrogen (secondary N) is 1. The molecule has 1 fully saturated rings. The number of likely N-dealkylation sites (tertiary alicyclic amines) is 1. The molecule has 0 radical (unpaired) electrons. The minimum absolute atomic E-state index is 0.238. The molecule has 2 heterocycles. The molecule has 1 saturated heterocycles. The third-order valence-electron chi connectivity index (χ3n) is 3.21. The number of carbonyl (C=O) groups is 1. The molecule has 0 saturated carbocycles. The molecule has 1 unspecified atom stereocenters. The Kier molecular flexibility index (Phi) is 4.91. The molecule has 0 bridgehead atoms. The number of nitrogens with two attached hydrogens (primary N) is 1. The van der Waals surface area contributed by atoms with E-state index in [0.29, 0.717) is 26.2 Å². The molecular formula is C11H20N6O3S. The summed E-state index contributed by atoms with van der Waals surface area (Å²) >= 11 is 0. The van der Waals surface area contributed by atoms with Crippen LogP contribution in [0.15, 0.2) is 6.20 Å². The van der Waals surface area contributed by atoms with Crippen molar-refractivity contribution < 1.29 is 13.2 Å². The lowest BCUT2D eigenvalue weighted by Gasteiger charge is -2.32. The van der Waals surface area contributed by atoms with Crippen molar-refractivity contribution in [2.75, 3.05) is 25.9 Å². The molecule has 0 aliphatic carbocycles. The highest BCUT2D eigenvalue weighted by molar-refractivity contribution is 7.88. The van der Waals surface area contributed by atoms with Crippen molar-refractivity contribution in [1.29, 1.82) is 0 Å². The number of carbonyl (C=O) groups excluding carboxylic acids is 1. The van der Waals surface area contributed by atoms with Crippen LogP contribution in [0.25, 0.3) is 0 Å². The average Bonchev–Trinajstić information content (AvgIpc) is 2.85. The van der Waals surface area contributed by atoms with Crippen LogP contribution in [0.2, 0.25) is 0 Å². The van der Waals surface area contributed by atoms with Gasteiger partial charge in [0, 0.05) is 25.7 Å². The first kappa shape index (κ1) is 15.9. The summed E-state index contributed by atoms with van der Waals surface area (Å²) in [6.07, 6.45) is 4.14. The van der Waals surface area contributed by atoms with Crippen molar-refractivity contribution in [2.45, 2.75) is 25.4 Å².